The summed E-state index contributed by atoms with van der Waals surface area (Å²) in [5.74, 6) is 0.985. The van der Waals surface area contributed by atoms with Crippen LogP contribution in [0.25, 0.3) is 5.57 Å². The Morgan fingerprint density at radius 2 is 2.11 bits per heavy atom. The van der Waals surface area contributed by atoms with E-state index in [4.69, 9.17) is 0 Å². The van der Waals surface area contributed by atoms with Gasteiger partial charge in [0, 0.05) is 26.0 Å². The largest absolute Gasteiger partial charge is 0.355 e. The number of rotatable bonds is 7. The van der Waals surface area contributed by atoms with Gasteiger partial charge in [-0.15, -0.1) is 0 Å². The van der Waals surface area contributed by atoms with Crippen LogP contribution in [0, 0.1) is 0 Å². The van der Waals surface area contributed by atoms with E-state index in [1.54, 1.807) is 24.4 Å². The van der Waals surface area contributed by atoms with E-state index in [1.807, 2.05) is 45.3 Å². The van der Waals surface area contributed by atoms with Crippen molar-refractivity contribution in [2.24, 2.45) is 4.99 Å². The van der Waals surface area contributed by atoms with E-state index in [1.165, 1.54) is 6.08 Å². The molecule has 1 aliphatic rings. The number of allylic oxidation sites excluding steroid dienone is 6. The maximum atomic E-state index is 13.8. The van der Waals surface area contributed by atoms with Gasteiger partial charge in [0.2, 0.25) is 0 Å². The van der Waals surface area contributed by atoms with Crippen molar-refractivity contribution in [3.05, 3.63) is 90.7 Å². The van der Waals surface area contributed by atoms with Gasteiger partial charge < -0.3 is 10.2 Å². The van der Waals surface area contributed by atoms with Gasteiger partial charge in [-0.05, 0) is 49.3 Å². The number of likely N-dealkylation sites (N-methyl/N-ethyl adjacent to an activating group) is 1. The van der Waals surface area contributed by atoms with Gasteiger partial charge in [0.15, 0.2) is 0 Å². The first kappa shape index (κ1) is 20.1. The van der Waals surface area contributed by atoms with Crippen LogP contribution in [-0.4, -0.2) is 29.3 Å². The van der Waals surface area contributed by atoms with Crippen molar-refractivity contribution in [3.63, 3.8) is 0 Å². The van der Waals surface area contributed by atoms with E-state index in [0.29, 0.717) is 5.82 Å². The third kappa shape index (κ3) is 5.92. The lowest BCUT2D eigenvalue weighted by atomic mass is 10.1. The van der Waals surface area contributed by atoms with E-state index in [0.717, 1.165) is 29.1 Å². The molecule has 2 heterocycles. The van der Waals surface area contributed by atoms with Crippen molar-refractivity contribution in [1.82, 2.24) is 9.88 Å². The third-order valence-electron chi connectivity index (χ3n) is 3.80. The molecular weight excluding hydrogens is 339 g/mol. The lowest BCUT2D eigenvalue weighted by Crippen LogP contribution is -2.29. The summed E-state index contributed by atoms with van der Waals surface area (Å²) < 4.78 is 13.8. The zero-order chi connectivity index (χ0) is 19.8. The normalized spacial score (nSPS) is 15.1. The summed E-state index contributed by atoms with van der Waals surface area (Å²) in [6.45, 7) is 12.0. The molecule has 0 aromatic carbocycles. The van der Waals surface area contributed by atoms with Crippen molar-refractivity contribution in [2.45, 2.75) is 13.8 Å². The Morgan fingerprint density at radius 1 is 1.33 bits per heavy atom. The number of halogens is 1. The van der Waals surface area contributed by atoms with E-state index in [-0.39, 0.29) is 5.70 Å². The number of aliphatic imine (C=N–C) groups is 1. The quantitative estimate of drug-likeness (QED) is 0.672. The zero-order valence-corrected chi connectivity index (χ0v) is 16.0. The van der Waals surface area contributed by atoms with E-state index in [2.05, 4.69) is 33.4 Å². The maximum absolute atomic E-state index is 13.8. The van der Waals surface area contributed by atoms with Crippen LogP contribution in [0.15, 0.2) is 90.2 Å². The van der Waals surface area contributed by atoms with Crippen molar-refractivity contribution in [2.75, 3.05) is 18.9 Å². The average molecular weight is 364 g/mol. The number of nitrogens with zero attached hydrogens (tertiary/aromatic N) is 3. The highest BCUT2D eigenvalue weighted by molar-refractivity contribution is 5.96. The smallest absolute Gasteiger partial charge is 0.146 e. The fourth-order valence-electron chi connectivity index (χ4n) is 2.33. The SMILES string of the molecule is C=C(C)/C=C\C1=NC=C(c2ccc(NC(=C)/C(F)=C\C=C/C)nc2)CN1C. The molecule has 0 bridgehead atoms. The molecule has 4 nitrogen and oxygen atoms in total. The summed E-state index contributed by atoms with van der Waals surface area (Å²) >= 11 is 0. The Balaban J connectivity index is 2.09. The predicted octanol–water partition coefficient (Wildman–Crippen LogP) is 5.25. The first-order chi connectivity index (χ1) is 12.9. The van der Waals surface area contributed by atoms with E-state index >= 15 is 0 Å². The molecule has 1 N–H and O–H groups in total. The van der Waals surface area contributed by atoms with Gasteiger partial charge in [0.1, 0.15) is 17.5 Å². The van der Waals surface area contributed by atoms with Crippen molar-refractivity contribution in [1.29, 1.82) is 0 Å². The third-order valence-corrected chi connectivity index (χ3v) is 3.80. The topological polar surface area (TPSA) is 40.5 Å². The van der Waals surface area contributed by atoms with Crippen molar-refractivity contribution in [3.8, 4) is 0 Å². The van der Waals surface area contributed by atoms with Crippen molar-refractivity contribution >= 4 is 17.2 Å². The Morgan fingerprint density at radius 3 is 2.70 bits per heavy atom. The predicted molar refractivity (Wildman–Crippen MR) is 113 cm³/mol. The number of aromatic nitrogens is 1. The van der Waals surface area contributed by atoms with Crippen LogP contribution in [0.3, 0.4) is 0 Å². The summed E-state index contributed by atoms with van der Waals surface area (Å²) in [5.41, 5.74) is 3.17. The minimum Gasteiger partial charge on any atom is -0.355 e. The first-order valence-corrected chi connectivity index (χ1v) is 8.63. The molecule has 0 amide bonds. The molecule has 0 saturated carbocycles. The highest BCUT2D eigenvalue weighted by Gasteiger charge is 2.13. The standard InChI is InChI=1S/C22H25FN4/c1-6-7-8-20(23)17(4)26-21-11-10-18(13-24-21)19-14-25-22(27(5)15-19)12-9-16(2)3/h6-14H,2,4,15H2,1,3,5H3,(H,24,26)/b7-6-,12-9-,20-8+. The van der Waals surface area contributed by atoms with Gasteiger partial charge in [0.05, 0.1) is 5.70 Å². The highest BCUT2D eigenvalue weighted by atomic mass is 19.1. The molecule has 5 heteroatoms. The summed E-state index contributed by atoms with van der Waals surface area (Å²) in [4.78, 5) is 10.9. The minimum absolute atomic E-state index is 0.170. The van der Waals surface area contributed by atoms with Crippen molar-refractivity contribution < 1.29 is 4.39 Å². The summed E-state index contributed by atoms with van der Waals surface area (Å²) in [7, 11) is 1.99. The van der Waals surface area contributed by atoms with Crippen LogP contribution in [0.2, 0.25) is 0 Å². The van der Waals surface area contributed by atoms with Crippen LogP contribution in [-0.2, 0) is 0 Å². The molecule has 0 aliphatic carbocycles. The van der Waals surface area contributed by atoms with E-state index in [9.17, 15) is 4.39 Å². The summed E-state index contributed by atoms with van der Waals surface area (Å²) in [6.07, 6.45) is 12.2. The van der Waals surface area contributed by atoms with Gasteiger partial charge >= 0.3 is 0 Å². The molecule has 140 valence electrons. The number of hydrogen-bond donors (Lipinski definition) is 1. The second-order valence-electron chi connectivity index (χ2n) is 6.25. The summed E-state index contributed by atoms with van der Waals surface area (Å²) in [6, 6.07) is 3.73. The Kier molecular flexibility index (Phi) is 7.06. The van der Waals surface area contributed by atoms with E-state index < -0.39 is 5.83 Å². The van der Waals surface area contributed by atoms with Gasteiger partial charge in [0.25, 0.3) is 0 Å². The van der Waals surface area contributed by atoms with Gasteiger partial charge in [-0.25, -0.2) is 14.4 Å². The molecule has 1 aromatic rings. The minimum atomic E-state index is -0.430. The van der Waals surface area contributed by atoms with Crippen LogP contribution in [0.1, 0.15) is 19.4 Å². The number of anilines is 1. The lowest BCUT2D eigenvalue weighted by Gasteiger charge is -2.24. The first-order valence-electron chi connectivity index (χ1n) is 8.63. The monoisotopic (exact) mass is 364 g/mol. The fourth-order valence-corrected chi connectivity index (χ4v) is 2.33. The van der Waals surface area contributed by atoms with Crippen LogP contribution >= 0.6 is 0 Å². The number of pyridine rings is 1. The molecule has 0 unspecified atom stereocenters. The number of hydrogen-bond acceptors (Lipinski definition) is 4. The second-order valence-corrected chi connectivity index (χ2v) is 6.25. The number of amidine groups is 1. The molecule has 0 fully saturated rings. The molecule has 0 spiro atoms. The maximum Gasteiger partial charge on any atom is 0.146 e. The Labute approximate surface area is 160 Å². The average Bonchev–Trinajstić information content (AvgIpc) is 2.65. The molecule has 2 rings (SSSR count). The molecule has 0 radical (unpaired) electrons. The van der Waals surface area contributed by atoms with Crippen LogP contribution in [0.4, 0.5) is 10.2 Å². The fraction of sp³-hybridized carbons (Fsp3) is 0.182. The molecular formula is C22H25FN4. The molecule has 1 aromatic heterocycles. The van der Waals surface area contributed by atoms with Gasteiger partial charge in [-0.3, -0.25) is 0 Å². The van der Waals surface area contributed by atoms with Crippen LogP contribution in [0.5, 0.6) is 0 Å². The highest BCUT2D eigenvalue weighted by Crippen LogP contribution is 2.21. The Hall–Kier alpha value is -3.21. The number of nitrogens with one attached hydrogen (secondary N) is 1. The second kappa shape index (κ2) is 9.48. The van der Waals surface area contributed by atoms with Crippen LogP contribution < -0.4 is 5.32 Å². The lowest BCUT2D eigenvalue weighted by molar-refractivity contribution is 0.568. The Bertz CT molecular complexity index is 855. The molecule has 27 heavy (non-hydrogen) atoms. The molecule has 0 atom stereocenters. The molecule has 0 saturated heterocycles. The van der Waals surface area contributed by atoms with Gasteiger partial charge in [-0.1, -0.05) is 37.0 Å². The zero-order valence-electron chi connectivity index (χ0n) is 16.0. The molecule has 1 aliphatic heterocycles. The van der Waals surface area contributed by atoms with Gasteiger partial charge in [-0.2, -0.15) is 0 Å². The summed E-state index contributed by atoms with van der Waals surface area (Å²) in [5, 5.41) is 2.87.